The molecular weight excluding hydrogens is 286 g/mol. The summed E-state index contributed by atoms with van der Waals surface area (Å²) in [6.07, 6.45) is 4.18. The molecule has 0 aliphatic heterocycles. The molecule has 1 aromatic heterocycles. The number of carboxylic acid groups (broad SMARTS) is 1. The smallest absolute Gasteiger partial charge is 0.320 e. The van der Waals surface area contributed by atoms with E-state index in [1.54, 1.807) is 0 Å². The summed E-state index contributed by atoms with van der Waals surface area (Å²) >= 11 is 1.50. The Labute approximate surface area is 116 Å². The lowest BCUT2D eigenvalue weighted by atomic mass is 9.98. The van der Waals surface area contributed by atoms with Gasteiger partial charge in [0.15, 0.2) is 5.75 Å². The van der Waals surface area contributed by atoms with Crippen molar-refractivity contribution in [3.05, 3.63) is 22.4 Å². The van der Waals surface area contributed by atoms with Crippen LogP contribution in [0.15, 0.2) is 17.5 Å². The molecule has 0 aromatic carbocycles. The summed E-state index contributed by atoms with van der Waals surface area (Å²) in [5.41, 5.74) is 0. The number of hydrogen-bond acceptors (Lipinski definition) is 4. The van der Waals surface area contributed by atoms with E-state index in [2.05, 4.69) is 4.72 Å². The third-order valence-corrected chi connectivity index (χ3v) is 5.54. The fourth-order valence-electron chi connectivity index (χ4n) is 2.54. The zero-order valence-corrected chi connectivity index (χ0v) is 12.0. The highest BCUT2D eigenvalue weighted by molar-refractivity contribution is 7.90. The fraction of sp³-hybridized carbons (Fsp3) is 0.583. The van der Waals surface area contributed by atoms with Crippen molar-refractivity contribution in [2.75, 3.05) is 5.75 Å². The first-order valence-electron chi connectivity index (χ1n) is 6.23. The Kier molecular flexibility index (Phi) is 4.59. The number of hydrogen-bond donors (Lipinski definition) is 2. The van der Waals surface area contributed by atoms with Crippen LogP contribution in [0.5, 0.6) is 0 Å². The molecule has 1 fully saturated rings. The first-order valence-corrected chi connectivity index (χ1v) is 8.76. The molecule has 5 nitrogen and oxygen atoms in total. The molecule has 2 N–H and O–H groups in total. The maximum absolute atomic E-state index is 11.8. The number of rotatable bonds is 6. The molecule has 2 rings (SSSR count). The van der Waals surface area contributed by atoms with Gasteiger partial charge in [0.05, 0.1) is 6.04 Å². The first-order chi connectivity index (χ1) is 8.98. The molecule has 1 aromatic rings. The lowest BCUT2D eigenvalue weighted by Crippen LogP contribution is -2.36. The molecule has 106 valence electrons. The van der Waals surface area contributed by atoms with E-state index in [1.165, 1.54) is 11.3 Å². The van der Waals surface area contributed by atoms with Crippen molar-refractivity contribution in [3.8, 4) is 0 Å². The maximum atomic E-state index is 11.8. The van der Waals surface area contributed by atoms with Crippen molar-refractivity contribution >= 4 is 27.3 Å². The second-order valence-corrected chi connectivity index (χ2v) is 7.54. The molecule has 1 aliphatic rings. The van der Waals surface area contributed by atoms with E-state index in [1.807, 2.05) is 17.5 Å². The Morgan fingerprint density at radius 1 is 1.47 bits per heavy atom. The maximum Gasteiger partial charge on any atom is 0.320 e. The Morgan fingerprint density at radius 2 is 2.16 bits per heavy atom. The number of sulfonamides is 1. The minimum absolute atomic E-state index is 0.266. The molecule has 1 unspecified atom stereocenters. The highest BCUT2D eigenvalue weighted by atomic mass is 32.2. The molecule has 19 heavy (non-hydrogen) atoms. The van der Waals surface area contributed by atoms with Crippen LogP contribution < -0.4 is 4.72 Å². The zero-order chi connectivity index (χ0) is 13.9. The zero-order valence-electron chi connectivity index (χ0n) is 10.4. The van der Waals surface area contributed by atoms with Crippen molar-refractivity contribution < 1.29 is 18.3 Å². The van der Waals surface area contributed by atoms with Crippen LogP contribution in [0.4, 0.5) is 0 Å². The van der Waals surface area contributed by atoms with E-state index in [-0.39, 0.29) is 12.0 Å². The molecule has 1 saturated carbocycles. The Morgan fingerprint density at radius 3 is 2.68 bits per heavy atom. The van der Waals surface area contributed by atoms with Crippen LogP contribution in [0.25, 0.3) is 0 Å². The van der Waals surface area contributed by atoms with E-state index in [0.29, 0.717) is 0 Å². The van der Waals surface area contributed by atoms with E-state index < -0.39 is 21.7 Å². The molecular formula is C12H17NO4S2. The summed E-state index contributed by atoms with van der Waals surface area (Å²) in [7, 11) is -3.79. The highest BCUT2D eigenvalue weighted by Gasteiger charge is 2.31. The normalized spacial score (nSPS) is 18.5. The summed E-state index contributed by atoms with van der Waals surface area (Å²) in [5, 5.41) is 10.5. The van der Waals surface area contributed by atoms with E-state index in [0.717, 1.165) is 30.6 Å². The topological polar surface area (TPSA) is 83.5 Å². The van der Waals surface area contributed by atoms with Crippen LogP contribution in [-0.4, -0.2) is 25.2 Å². The summed E-state index contributed by atoms with van der Waals surface area (Å²) in [4.78, 5) is 11.5. The Bertz CT molecular complexity index is 518. The second-order valence-electron chi connectivity index (χ2n) is 4.81. The van der Waals surface area contributed by atoms with Crippen molar-refractivity contribution in [2.45, 2.75) is 31.7 Å². The molecule has 0 spiro atoms. The molecule has 0 saturated heterocycles. The van der Waals surface area contributed by atoms with Gasteiger partial charge in [-0.1, -0.05) is 18.9 Å². The van der Waals surface area contributed by atoms with Gasteiger partial charge >= 0.3 is 5.97 Å². The largest absolute Gasteiger partial charge is 0.480 e. The van der Waals surface area contributed by atoms with Gasteiger partial charge in [-0.3, -0.25) is 4.79 Å². The van der Waals surface area contributed by atoms with Crippen molar-refractivity contribution in [3.63, 3.8) is 0 Å². The number of carbonyl (C=O) groups is 1. The Balaban J connectivity index is 2.16. The van der Waals surface area contributed by atoms with Crippen LogP contribution in [-0.2, 0) is 14.8 Å². The van der Waals surface area contributed by atoms with Gasteiger partial charge in [-0.15, -0.1) is 11.3 Å². The monoisotopic (exact) mass is 303 g/mol. The third kappa shape index (κ3) is 4.02. The van der Waals surface area contributed by atoms with Gasteiger partial charge in [-0.25, -0.2) is 13.1 Å². The predicted octanol–water partition coefficient (Wildman–Crippen LogP) is 1.98. The molecule has 0 amide bonds. The van der Waals surface area contributed by atoms with Gasteiger partial charge in [0.25, 0.3) is 0 Å². The van der Waals surface area contributed by atoms with Crippen molar-refractivity contribution in [1.82, 2.24) is 4.72 Å². The molecule has 7 heteroatoms. The lowest BCUT2D eigenvalue weighted by molar-refractivity contribution is -0.134. The van der Waals surface area contributed by atoms with Gasteiger partial charge in [-0.05, 0) is 30.2 Å². The first kappa shape index (κ1) is 14.5. The van der Waals surface area contributed by atoms with E-state index in [4.69, 9.17) is 5.11 Å². The lowest BCUT2D eigenvalue weighted by Gasteiger charge is -2.23. The van der Waals surface area contributed by atoms with Gasteiger partial charge < -0.3 is 5.11 Å². The van der Waals surface area contributed by atoms with Crippen molar-refractivity contribution in [1.29, 1.82) is 0 Å². The highest BCUT2D eigenvalue weighted by Crippen LogP contribution is 2.37. The number of carboxylic acids is 1. The molecule has 1 aliphatic carbocycles. The molecule has 0 bridgehead atoms. The number of nitrogens with one attached hydrogen (secondary N) is 1. The molecule has 1 heterocycles. The van der Waals surface area contributed by atoms with Gasteiger partial charge in [0.2, 0.25) is 10.0 Å². The van der Waals surface area contributed by atoms with Crippen LogP contribution in [0.1, 0.15) is 36.6 Å². The van der Waals surface area contributed by atoms with Gasteiger partial charge in [-0.2, -0.15) is 0 Å². The average Bonchev–Trinajstić information content (AvgIpc) is 2.98. The summed E-state index contributed by atoms with van der Waals surface area (Å²) in [6.45, 7) is 0. The average molecular weight is 303 g/mol. The second kappa shape index (κ2) is 6.02. The van der Waals surface area contributed by atoms with Crippen molar-refractivity contribution in [2.24, 2.45) is 5.92 Å². The fourth-order valence-corrected chi connectivity index (χ4v) is 4.60. The minimum Gasteiger partial charge on any atom is -0.480 e. The Hall–Kier alpha value is -0.920. The van der Waals surface area contributed by atoms with Crippen LogP contribution >= 0.6 is 11.3 Å². The summed E-state index contributed by atoms with van der Waals surface area (Å²) < 4.78 is 26.2. The molecule has 1 atom stereocenters. The molecule has 0 radical (unpaired) electrons. The van der Waals surface area contributed by atoms with E-state index in [9.17, 15) is 13.2 Å². The van der Waals surface area contributed by atoms with Gasteiger partial charge in [0, 0.05) is 4.88 Å². The van der Waals surface area contributed by atoms with E-state index >= 15 is 0 Å². The predicted molar refractivity (Wildman–Crippen MR) is 73.6 cm³/mol. The third-order valence-electron chi connectivity index (χ3n) is 3.34. The van der Waals surface area contributed by atoms with Gasteiger partial charge in [0.1, 0.15) is 0 Å². The standard InChI is InChI=1S/C12H17NO4S2/c14-11(15)8-19(16,17)13-12(9-4-1-2-5-9)10-6-3-7-18-10/h3,6-7,9,12-13H,1-2,4-5,8H2,(H,14,15). The number of thiophene rings is 1. The minimum atomic E-state index is -3.79. The number of aliphatic carboxylic acids is 1. The summed E-state index contributed by atoms with van der Waals surface area (Å²) in [6, 6.07) is 3.50. The van der Waals surface area contributed by atoms with Crippen LogP contribution in [0, 0.1) is 5.92 Å². The SMILES string of the molecule is O=C(O)CS(=O)(=O)NC(c1cccs1)C1CCCC1. The summed E-state index contributed by atoms with van der Waals surface area (Å²) in [5.74, 6) is -1.94. The quantitative estimate of drug-likeness (QED) is 0.841. The van der Waals surface area contributed by atoms with Crippen LogP contribution in [0.2, 0.25) is 0 Å². The van der Waals surface area contributed by atoms with Crippen LogP contribution in [0.3, 0.4) is 0 Å².